The Morgan fingerprint density at radius 1 is 1.00 bits per heavy atom. The van der Waals surface area contributed by atoms with E-state index in [0.29, 0.717) is 6.04 Å². The van der Waals surface area contributed by atoms with Crippen molar-refractivity contribution in [1.29, 1.82) is 0 Å². The van der Waals surface area contributed by atoms with Crippen LogP contribution < -0.4 is 21.7 Å². The van der Waals surface area contributed by atoms with Crippen molar-refractivity contribution in [2.24, 2.45) is 17.6 Å². The molecule has 0 saturated heterocycles. The van der Waals surface area contributed by atoms with Crippen molar-refractivity contribution in [2.75, 3.05) is 39.3 Å². The van der Waals surface area contributed by atoms with Crippen molar-refractivity contribution in [3.63, 3.8) is 0 Å². The van der Waals surface area contributed by atoms with Gasteiger partial charge in [0.25, 0.3) is 0 Å². The van der Waals surface area contributed by atoms with Gasteiger partial charge in [0.1, 0.15) is 0 Å². The number of rotatable bonds is 13. The van der Waals surface area contributed by atoms with E-state index in [1.165, 1.54) is 25.9 Å². The monoisotopic (exact) mass is 270 g/mol. The van der Waals surface area contributed by atoms with Crippen LogP contribution >= 0.6 is 0 Å². The fourth-order valence-corrected chi connectivity index (χ4v) is 2.39. The minimum atomic E-state index is 0.376. The Bertz CT molecular complexity index is 210. The van der Waals surface area contributed by atoms with Gasteiger partial charge in [-0.3, -0.25) is 0 Å². The molecule has 4 heteroatoms. The van der Waals surface area contributed by atoms with E-state index >= 15 is 0 Å². The van der Waals surface area contributed by atoms with Gasteiger partial charge >= 0.3 is 0 Å². The number of nitrogens with one attached hydrogen (secondary N) is 3. The topological polar surface area (TPSA) is 62.1 Å². The Morgan fingerprint density at radius 2 is 1.63 bits per heavy atom. The smallest absolute Gasteiger partial charge is 0.00482 e. The molecule has 4 nitrogen and oxygen atoms in total. The quantitative estimate of drug-likeness (QED) is 0.376. The molecule has 0 aromatic rings. The highest BCUT2D eigenvalue weighted by atomic mass is 14.9. The Balaban J connectivity index is 1.81. The van der Waals surface area contributed by atoms with E-state index in [0.717, 1.165) is 50.9 Å². The molecule has 0 aromatic carbocycles. The van der Waals surface area contributed by atoms with Crippen molar-refractivity contribution in [3.05, 3.63) is 0 Å². The van der Waals surface area contributed by atoms with Crippen molar-refractivity contribution in [2.45, 2.75) is 45.6 Å². The lowest BCUT2D eigenvalue weighted by atomic mass is 10.2. The fraction of sp³-hybridized carbons (Fsp3) is 1.00. The van der Waals surface area contributed by atoms with Gasteiger partial charge in [0.15, 0.2) is 0 Å². The molecule has 0 heterocycles. The summed E-state index contributed by atoms with van der Waals surface area (Å²) >= 11 is 0. The van der Waals surface area contributed by atoms with Crippen LogP contribution in [0.5, 0.6) is 0 Å². The molecule has 0 bridgehead atoms. The average molecular weight is 270 g/mol. The summed E-state index contributed by atoms with van der Waals surface area (Å²) in [5.41, 5.74) is 5.89. The van der Waals surface area contributed by atoms with E-state index in [2.05, 4.69) is 29.8 Å². The Morgan fingerprint density at radius 3 is 2.26 bits per heavy atom. The molecular formula is C15H34N4. The lowest BCUT2D eigenvalue weighted by molar-refractivity contribution is 0.516. The van der Waals surface area contributed by atoms with Crippen LogP contribution in [0.1, 0.15) is 39.5 Å². The summed E-state index contributed by atoms with van der Waals surface area (Å²) in [6.45, 7) is 11.1. The summed E-state index contributed by atoms with van der Waals surface area (Å²) < 4.78 is 0. The standard InChI is InChI=1S/C15H34N4/c1-3-15(16)6-9-19-12-14-10-13(14)11-18-8-5-7-17-4-2/h13-15,17-19H,3-12,16H2,1-2H3/t13-,14+,15?/m1/s1. The zero-order valence-electron chi connectivity index (χ0n) is 12.9. The highest BCUT2D eigenvalue weighted by Crippen LogP contribution is 2.36. The predicted molar refractivity (Wildman–Crippen MR) is 83.4 cm³/mol. The Kier molecular flexibility index (Phi) is 9.43. The molecule has 1 unspecified atom stereocenters. The number of nitrogens with two attached hydrogens (primary N) is 1. The SMILES string of the molecule is CCNCCCNC[C@H]1C[C@H]1CNCCC(N)CC. The normalized spacial score (nSPS) is 23.5. The summed E-state index contributed by atoms with van der Waals surface area (Å²) in [5, 5.41) is 10.5. The van der Waals surface area contributed by atoms with Gasteiger partial charge in [-0.25, -0.2) is 0 Å². The van der Waals surface area contributed by atoms with Gasteiger partial charge in [0.2, 0.25) is 0 Å². The van der Waals surface area contributed by atoms with Crippen LogP contribution in [-0.4, -0.2) is 45.3 Å². The molecule has 1 aliphatic rings. The van der Waals surface area contributed by atoms with Crippen LogP contribution in [0.3, 0.4) is 0 Å². The largest absolute Gasteiger partial charge is 0.328 e. The van der Waals surface area contributed by atoms with Gasteiger partial charge in [-0.1, -0.05) is 13.8 Å². The van der Waals surface area contributed by atoms with E-state index in [9.17, 15) is 0 Å². The molecule has 1 aliphatic carbocycles. The second-order valence-electron chi connectivity index (χ2n) is 5.83. The van der Waals surface area contributed by atoms with Gasteiger partial charge in [-0.15, -0.1) is 0 Å². The first-order chi connectivity index (χ1) is 9.27. The van der Waals surface area contributed by atoms with Crippen LogP contribution in [-0.2, 0) is 0 Å². The van der Waals surface area contributed by atoms with Gasteiger partial charge in [0.05, 0.1) is 0 Å². The second kappa shape index (κ2) is 10.6. The molecule has 3 atom stereocenters. The summed E-state index contributed by atoms with van der Waals surface area (Å²) in [6.07, 6.45) is 4.83. The fourth-order valence-electron chi connectivity index (χ4n) is 2.39. The van der Waals surface area contributed by atoms with Gasteiger partial charge < -0.3 is 21.7 Å². The maximum atomic E-state index is 5.89. The van der Waals surface area contributed by atoms with Crippen molar-refractivity contribution in [3.8, 4) is 0 Å². The highest BCUT2D eigenvalue weighted by Gasteiger charge is 2.35. The van der Waals surface area contributed by atoms with Crippen LogP contribution in [0.15, 0.2) is 0 Å². The number of hydrogen-bond acceptors (Lipinski definition) is 4. The highest BCUT2D eigenvalue weighted by molar-refractivity contribution is 4.89. The third-order valence-electron chi connectivity index (χ3n) is 4.06. The zero-order valence-corrected chi connectivity index (χ0v) is 12.9. The molecule has 0 amide bonds. The van der Waals surface area contributed by atoms with Crippen molar-refractivity contribution < 1.29 is 0 Å². The molecule has 1 fully saturated rings. The Hall–Kier alpha value is -0.160. The molecule has 0 aromatic heterocycles. The minimum absolute atomic E-state index is 0.376. The third kappa shape index (κ3) is 8.58. The van der Waals surface area contributed by atoms with E-state index in [1.54, 1.807) is 0 Å². The molecule has 0 aliphatic heterocycles. The molecular weight excluding hydrogens is 236 g/mol. The van der Waals surface area contributed by atoms with Crippen molar-refractivity contribution >= 4 is 0 Å². The van der Waals surface area contributed by atoms with E-state index in [-0.39, 0.29) is 0 Å². The molecule has 1 rings (SSSR count). The zero-order chi connectivity index (χ0) is 13.9. The van der Waals surface area contributed by atoms with Gasteiger partial charge in [-0.2, -0.15) is 0 Å². The number of hydrogen-bond donors (Lipinski definition) is 4. The van der Waals surface area contributed by atoms with Gasteiger partial charge in [0, 0.05) is 6.04 Å². The first kappa shape index (κ1) is 16.9. The van der Waals surface area contributed by atoms with E-state index in [4.69, 9.17) is 5.73 Å². The van der Waals surface area contributed by atoms with E-state index in [1.807, 2.05) is 0 Å². The molecule has 0 radical (unpaired) electrons. The molecule has 0 spiro atoms. The van der Waals surface area contributed by atoms with Crippen LogP contribution in [0.25, 0.3) is 0 Å². The molecule has 114 valence electrons. The average Bonchev–Trinajstić information content (AvgIpc) is 3.17. The third-order valence-corrected chi connectivity index (χ3v) is 4.06. The van der Waals surface area contributed by atoms with Crippen LogP contribution in [0.4, 0.5) is 0 Å². The molecule has 1 saturated carbocycles. The van der Waals surface area contributed by atoms with Gasteiger partial charge in [-0.05, 0) is 76.8 Å². The minimum Gasteiger partial charge on any atom is -0.328 e. The Labute approximate surface area is 119 Å². The lowest BCUT2D eigenvalue weighted by Crippen LogP contribution is -2.28. The lowest BCUT2D eigenvalue weighted by Gasteiger charge is -2.09. The summed E-state index contributed by atoms with van der Waals surface area (Å²) in [5.74, 6) is 1.81. The van der Waals surface area contributed by atoms with Crippen LogP contribution in [0, 0.1) is 11.8 Å². The first-order valence-electron chi connectivity index (χ1n) is 8.15. The predicted octanol–water partition coefficient (Wildman–Crippen LogP) is 0.929. The summed E-state index contributed by atoms with van der Waals surface area (Å²) in [7, 11) is 0. The molecule has 5 N–H and O–H groups in total. The maximum Gasteiger partial charge on any atom is 0.00482 e. The van der Waals surface area contributed by atoms with E-state index < -0.39 is 0 Å². The summed E-state index contributed by atoms with van der Waals surface area (Å²) in [6, 6.07) is 0.376. The maximum absolute atomic E-state index is 5.89. The first-order valence-corrected chi connectivity index (χ1v) is 8.15. The second-order valence-corrected chi connectivity index (χ2v) is 5.83. The van der Waals surface area contributed by atoms with Crippen molar-refractivity contribution in [1.82, 2.24) is 16.0 Å². The van der Waals surface area contributed by atoms with Crippen LogP contribution in [0.2, 0.25) is 0 Å². The summed E-state index contributed by atoms with van der Waals surface area (Å²) in [4.78, 5) is 0. The molecule has 19 heavy (non-hydrogen) atoms.